The minimum atomic E-state index is 0.757. The van der Waals surface area contributed by atoms with Gasteiger partial charge in [0.2, 0.25) is 0 Å². The van der Waals surface area contributed by atoms with E-state index in [1.165, 1.54) is 16.5 Å². The molecule has 0 bridgehead atoms. The fourth-order valence-corrected chi connectivity index (χ4v) is 2.53. The van der Waals surface area contributed by atoms with Crippen LogP contribution in [-0.2, 0) is 5.75 Å². The summed E-state index contributed by atoms with van der Waals surface area (Å²) in [4.78, 5) is 0. The van der Waals surface area contributed by atoms with Gasteiger partial charge in [0.05, 0.1) is 0 Å². The van der Waals surface area contributed by atoms with Crippen molar-refractivity contribution in [3.63, 3.8) is 0 Å². The Kier molecular flexibility index (Phi) is 4.89. The van der Waals surface area contributed by atoms with E-state index in [1.54, 1.807) is 0 Å². The fourth-order valence-electron chi connectivity index (χ4n) is 0.965. The highest BCUT2D eigenvalue weighted by atomic mass is 79.9. The molecule has 0 saturated carbocycles. The van der Waals surface area contributed by atoms with Crippen LogP contribution in [0.3, 0.4) is 0 Å². The van der Waals surface area contributed by atoms with Crippen molar-refractivity contribution >= 4 is 27.7 Å². The number of rotatable bonds is 4. The first kappa shape index (κ1) is 11.1. The lowest BCUT2D eigenvalue weighted by molar-refractivity contribution is 0.905. The van der Waals surface area contributed by atoms with E-state index in [2.05, 4.69) is 54.0 Å². The first-order valence-electron chi connectivity index (χ1n) is 4.59. The average Bonchev–Trinajstić information content (AvgIpc) is 2.16. The summed E-state index contributed by atoms with van der Waals surface area (Å²) >= 11 is 5.57. The molecule has 0 aliphatic carbocycles. The third-order valence-electron chi connectivity index (χ3n) is 2.06. The van der Waals surface area contributed by atoms with Crippen LogP contribution < -0.4 is 0 Å². The maximum Gasteiger partial charge on any atom is 0.0215 e. The summed E-state index contributed by atoms with van der Waals surface area (Å²) in [6, 6.07) is 8.44. The molecule has 13 heavy (non-hydrogen) atoms. The molecule has 0 unspecified atom stereocenters. The molecule has 72 valence electrons. The summed E-state index contributed by atoms with van der Waals surface area (Å²) in [5, 5.41) is 0.757. The molecule has 0 saturated heterocycles. The van der Waals surface area contributed by atoms with E-state index in [0.29, 0.717) is 0 Å². The molecule has 0 spiro atoms. The highest BCUT2D eigenvalue weighted by Crippen LogP contribution is 2.24. The van der Waals surface area contributed by atoms with Crippen LogP contribution in [0.25, 0.3) is 0 Å². The number of halogens is 1. The number of hydrogen-bond acceptors (Lipinski definition) is 1. The second-order valence-corrected chi connectivity index (χ2v) is 5.40. The lowest BCUT2D eigenvalue weighted by Gasteiger charge is -2.08. The summed E-state index contributed by atoms with van der Waals surface area (Å²) < 4.78 is 1.23. The molecule has 1 atom stereocenters. The molecule has 0 radical (unpaired) electrons. The van der Waals surface area contributed by atoms with Crippen LogP contribution in [0.1, 0.15) is 25.8 Å². The molecular weight excluding hydrogens is 244 g/mol. The van der Waals surface area contributed by atoms with Gasteiger partial charge in [-0.2, -0.15) is 11.8 Å². The topological polar surface area (TPSA) is 0 Å². The Morgan fingerprint density at radius 2 is 2.08 bits per heavy atom. The van der Waals surface area contributed by atoms with Crippen LogP contribution in [0.15, 0.2) is 28.7 Å². The van der Waals surface area contributed by atoms with Crippen molar-refractivity contribution in [3.8, 4) is 0 Å². The van der Waals surface area contributed by atoms with Gasteiger partial charge in [-0.3, -0.25) is 0 Å². The Labute approximate surface area is 93.2 Å². The van der Waals surface area contributed by atoms with Gasteiger partial charge in [-0.15, -0.1) is 0 Å². The van der Waals surface area contributed by atoms with E-state index in [0.717, 1.165) is 11.0 Å². The van der Waals surface area contributed by atoms with Gasteiger partial charge in [-0.25, -0.2) is 0 Å². The van der Waals surface area contributed by atoms with Gasteiger partial charge >= 0.3 is 0 Å². The summed E-state index contributed by atoms with van der Waals surface area (Å²) in [6.07, 6.45) is 1.25. The third-order valence-corrected chi connectivity index (χ3v) is 4.21. The van der Waals surface area contributed by atoms with Crippen LogP contribution >= 0.6 is 27.7 Å². The van der Waals surface area contributed by atoms with Gasteiger partial charge < -0.3 is 0 Å². The predicted octanol–water partition coefficient (Wildman–Crippen LogP) is 4.48. The van der Waals surface area contributed by atoms with E-state index in [9.17, 15) is 0 Å². The Hall–Kier alpha value is 0.0500. The van der Waals surface area contributed by atoms with Crippen molar-refractivity contribution in [2.75, 3.05) is 0 Å². The second kappa shape index (κ2) is 5.71. The van der Waals surface area contributed by atoms with Crippen LogP contribution in [0.5, 0.6) is 0 Å². The highest BCUT2D eigenvalue weighted by molar-refractivity contribution is 9.10. The maximum absolute atomic E-state index is 3.55. The largest absolute Gasteiger partial charge is 0.154 e. The molecule has 0 aliphatic heterocycles. The number of hydrogen-bond donors (Lipinski definition) is 0. The van der Waals surface area contributed by atoms with Crippen LogP contribution in [0.4, 0.5) is 0 Å². The highest BCUT2D eigenvalue weighted by Gasteiger charge is 2.02. The molecule has 1 rings (SSSR count). The molecule has 1 aromatic rings. The zero-order valence-corrected chi connectivity index (χ0v) is 10.5. The lowest BCUT2D eigenvalue weighted by atomic mass is 10.2. The normalized spacial score (nSPS) is 12.8. The quantitative estimate of drug-likeness (QED) is 0.768. The molecule has 0 nitrogen and oxygen atoms in total. The maximum atomic E-state index is 3.55. The minimum absolute atomic E-state index is 0.757. The first-order chi connectivity index (χ1) is 6.24. The summed E-state index contributed by atoms with van der Waals surface area (Å²) in [5.41, 5.74) is 1.40. The Morgan fingerprint density at radius 1 is 1.38 bits per heavy atom. The first-order valence-corrected chi connectivity index (χ1v) is 6.43. The van der Waals surface area contributed by atoms with Crippen molar-refractivity contribution in [1.82, 2.24) is 0 Å². The van der Waals surface area contributed by atoms with Gasteiger partial charge in [0.25, 0.3) is 0 Å². The smallest absolute Gasteiger partial charge is 0.0215 e. The van der Waals surface area contributed by atoms with Crippen LogP contribution in [-0.4, -0.2) is 5.25 Å². The fraction of sp³-hybridized carbons (Fsp3) is 0.455. The van der Waals surface area contributed by atoms with Gasteiger partial charge in [0, 0.05) is 15.5 Å². The minimum Gasteiger partial charge on any atom is -0.154 e. The van der Waals surface area contributed by atoms with Gasteiger partial charge in [-0.05, 0) is 18.1 Å². The van der Waals surface area contributed by atoms with Crippen molar-refractivity contribution in [2.24, 2.45) is 0 Å². The van der Waals surface area contributed by atoms with Crippen LogP contribution in [0, 0.1) is 0 Å². The molecule has 0 N–H and O–H groups in total. The Balaban J connectivity index is 2.50. The standard InChI is InChI=1S/C11H15BrS/c1-3-9(2)13-8-10-6-4-5-7-11(10)12/h4-7,9H,3,8H2,1-2H3/t9-/m1/s1. The van der Waals surface area contributed by atoms with Crippen LogP contribution in [0.2, 0.25) is 0 Å². The van der Waals surface area contributed by atoms with E-state index in [4.69, 9.17) is 0 Å². The van der Waals surface area contributed by atoms with E-state index >= 15 is 0 Å². The zero-order chi connectivity index (χ0) is 9.68. The molecule has 0 amide bonds. The molecule has 0 fully saturated rings. The van der Waals surface area contributed by atoms with E-state index in [-0.39, 0.29) is 0 Å². The van der Waals surface area contributed by atoms with Gasteiger partial charge in [0.1, 0.15) is 0 Å². The summed E-state index contributed by atoms with van der Waals surface area (Å²) in [5.74, 6) is 1.11. The molecule has 1 aromatic carbocycles. The monoisotopic (exact) mass is 258 g/mol. The average molecular weight is 259 g/mol. The second-order valence-electron chi connectivity index (χ2n) is 3.12. The van der Waals surface area contributed by atoms with E-state index in [1.807, 2.05) is 11.8 Å². The molecular formula is C11H15BrS. The lowest BCUT2D eigenvalue weighted by Crippen LogP contribution is -1.93. The van der Waals surface area contributed by atoms with E-state index < -0.39 is 0 Å². The van der Waals surface area contributed by atoms with Gasteiger partial charge in [0.15, 0.2) is 0 Å². The molecule has 0 heterocycles. The molecule has 0 aromatic heterocycles. The van der Waals surface area contributed by atoms with Crippen molar-refractivity contribution < 1.29 is 0 Å². The Bertz CT molecular complexity index is 260. The summed E-state index contributed by atoms with van der Waals surface area (Å²) in [7, 11) is 0. The SMILES string of the molecule is CC[C@@H](C)SCc1ccccc1Br. The molecule has 0 aliphatic rings. The van der Waals surface area contributed by atoms with Gasteiger partial charge in [-0.1, -0.05) is 48.0 Å². The van der Waals surface area contributed by atoms with Crippen molar-refractivity contribution in [1.29, 1.82) is 0 Å². The Morgan fingerprint density at radius 3 is 2.69 bits per heavy atom. The molecule has 2 heteroatoms. The zero-order valence-electron chi connectivity index (χ0n) is 8.09. The number of thioether (sulfide) groups is 1. The summed E-state index contributed by atoms with van der Waals surface area (Å²) in [6.45, 7) is 4.51. The van der Waals surface area contributed by atoms with Crippen molar-refractivity contribution in [2.45, 2.75) is 31.3 Å². The van der Waals surface area contributed by atoms with Crippen molar-refractivity contribution in [3.05, 3.63) is 34.3 Å². The predicted molar refractivity (Wildman–Crippen MR) is 65.2 cm³/mol. The number of benzene rings is 1. The third kappa shape index (κ3) is 3.74.